The monoisotopic (exact) mass is 500 g/mol. The maximum atomic E-state index is 11.2. The second kappa shape index (κ2) is 11.0. The minimum absolute atomic E-state index is 0.0271. The van der Waals surface area contributed by atoms with Gasteiger partial charge in [0.1, 0.15) is 12.4 Å². The lowest BCUT2D eigenvalue weighted by atomic mass is 9.94. The zero-order chi connectivity index (χ0) is 24.1. The molecule has 3 aromatic carbocycles. The summed E-state index contributed by atoms with van der Waals surface area (Å²) in [6.07, 6.45) is 0. The first-order valence-corrected chi connectivity index (χ1v) is 12.2. The molecule has 0 amide bonds. The van der Waals surface area contributed by atoms with Gasteiger partial charge in [0, 0.05) is 37.3 Å². The number of aliphatic hydroxyl groups excluding tert-OH is 1. The van der Waals surface area contributed by atoms with Crippen molar-refractivity contribution in [3.63, 3.8) is 0 Å². The van der Waals surface area contributed by atoms with E-state index in [0.717, 1.165) is 36.4 Å². The molecule has 3 aromatic rings. The van der Waals surface area contributed by atoms with E-state index in [9.17, 15) is 5.11 Å². The molecule has 0 bridgehead atoms. The second-order valence-corrected chi connectivity index (χ2v) is 9.66. The normalized spacial score (nSPS) is 18.5. The Bertz CT molecular complexity index is 1080. The first-order valence-electron chi connectivity index (χ1n) is 11.4. The average molecular weight is 501 g/mol. The summed E-state index contributed by atoms with van der Waals surface area (Å²) in [7, 11) is 0. The summed E-state index contributed by atoms with van der Waals surface area (Å²) in [5, 5.41) is 21.5. The van der Waals surface area contributed by atoms with Gasteiger partial charge >= 0.3 is 0 Å². The fraction of sp³-hybridized carbons (Fsp3) is 0.333. The Kier molecular flexibility index (Phi) is 8.02. The molecule has 2 atom stereocenters. The van der Waals surface area contributed by atoms with Gasteiger partial charge in [0.15, 0.2) is 0 Å². The Morgan fingerprint density at radius 3 is 2.41 bits per heavy atom. The molecule has 1 saturated heterocycles. The molecule has 0 saturated carbocycles. The van der Waals surface area contributed by atoms with Gasteiger partial charge in [0.25, 0.3) is 0 Å². The van der Waals surface area contributed by atoms with Crippen molar-refractivity contribution in [1.82, 2.24) is 4.90 Å². The van der Waals surface area contributed by atoms with Crippen molar-refractivity contribution >= 4 is 28.9 Å². The number of anilines is 1. The Labute approximate surface area is 211 Å². The van der Waals surface area contributed by atoms with E-state index >= 15 is 0 Å². The molecule has 0 aromatic heterocycles. The third-order valence-corrected chi connectivity index (χ3v) is 6.79. The van der Waals surface area contributed by atoms with Crippen LogP contribution in [0.5, 0.6) is 5.75 Å². The Morgan fingerprint density at radius 1 is 1.00 bits per heavy atom. The van der Waals surface area contributed by atoms with Gasteiger partial charge in [-0.25, -0.2) is 0 Å². The van der Waals surface area contributed by atoms with E-state index in [1.165, 1.54) is 0 Å². The molecule has 0 spiro atoms. The third-order valence-electron chi connectivity index (χ3n) is 6.24. The maximum absolute atomic E-state index is 11.2. The van der Waals surface area contributed by atoms with Crippen LogP contribution < -0.4 is 9.64 Å². The van der Waals surface area contributed by atoms with Crippen LogP contribution in [-0.2, 0) is 5.60 Å². The molecular formula is C27H30Cl2N2O3. The lowest BCUT2D eigenvalue weighted by molar-refractivity contribution is 0.0103. The van der Waals surface area contributed by atoms with E-state index in [-0.39, 0.29) is 19.3 Å². The lowest BCUT2D eigenvalue weighted by Gasteiger charge is -2.45. The third kappa shape index (κ3) is 5.85. The van der Waals surface area contributed by atoms with Gasteiger partial charge in [-0.05, 0) is 42.3 Å². The molecule has 34 heavy (non-hydrogen) atoms. The van der Waals surface area contributed by atoms with Gasteiger partial charge in [-0.2, -0.15) is 0 Å². The van der Waals surface area contributed by atoms with Crippen molar-refractivity contribution in [3.8, 4) is 5.75 Å². The zero-order valence-electron chi connectivity index (χ0n) is 19.2. The lowest BCUT2D eigenvalue weighted by Crippen LogP contribution is -2.52. The molecule has 1 fully saturated rings. The average Bonchev–Trinajstić information content (AvgIpc) is 2.84. The zero-order valence-corrected chi connectivity index (χ0v) is 20.7. The van der Waals surface area contributed by atoms with Crippen LogP contribution >= 0.6 is 23.2 Å². The van der Waals surface area contributed by atoms with Gasteiger partial charge in [-0.1, -0.05) is 65.7 Å². The highest BCUT2D eigenvalue weighted by Gasteiger charge is 2.34. The highest BCUT2D eigenvalue weighted by atomic mass is 35.5. The molecule has 1 aliphatic heterocycles. The molecule has 5 nitrogen and oxygen atoms in total. The highest BCUT2D eigenvalue weighted by Crippen LogP contribution is 2.38. The minimum Gasteiger partial charge on any atom is -0.491 e. The molecular weight excluding hydrogens is 471 g/mol. The van der Waals surface area contributed by atoms with Gasteiger partial charge < -0.3 is 19.8 Å². The standard InChI is InChI=1S/C27H30Cl2N2O3/c1-27(33,21-5-3-2-4-6-21)19-30-13-14-31(26(18-30)20-7-9-22(28)10-8-20)25-12-11-23(17-24(25)29)34-16-15-32/h2-12,17,26,32-33H,13-16,18-19H2,1H3/t26-,27+/m0/s1. The van der Waals surface area contributed by atoms with Crippen molar-refractivity contribution in [2.75, 3.05) is 44.3 Å². The molecule has 0 aliphatic carbocycles. The van der Waals surface area contributed by atoms with Crippen LogP contribution in [-0.4, -0.2) is 54.5 Å². The molecule has 4 rings (SSSR count). The van der Waals surface area contributed by atoms with Crippen LogP contribution in [0.4, 0.5) is 5.69 Å². The van der Waals surface area contributed by atoms with Crippen molar-refractivity contribution < 1.29 is 14.9 Å². The van der Waals surface area contributed by atoms with Crippen molar-refractivity contribution in [2.45, 2.75) is 18.6 Å². The van der Waals surface area contributed by atoms with E-state index in [1.54, 1.807) is 6.07 Å². The van der Waals surface area contributed by atoms with Crippen molar-refractivity contribution in [1.29, 1.82) is 0 Å². The van der Waals surface area contributed by atoms with Gasteiger partial charge in [0.05, 0.1) is 29.0 Å². The number of ether oxygens (including phenoxy) is 1. The fourth-order valence-corrected chi connectivity index (χ4v) is 4.94. The maximum Gasteiger partial charge on any atom is 0.121 e. The number of halogens is 2. The Balaban J connectivity index is 1.59. The molecule has 7 heteroatoms. The Morgan fingerprint density at radius 2 is 1.74 bits per heavy atom. The summed E-state index contributed by atoms with van der Waals surface area (Å²) < 4.78 is 5.51. The number of hydrogen-bond donors (Lipinski definition) is 2. The highest BCUT2D eigenvalue weighted by molar-refractivity contribution is 6.33. The molecule has 0 unspecified atom stereocenters. The quantitative estimate of drug-likeness (QED) is 0.448. The first kappa shape index (κ1) is 24.8. The van der Waals surface area contributed by atoms with Gasteiger partial charge in [-0.15, -0.1) is 0 Å². The van der Waals surface area contributed by atoms with E-state index in [1.807, 2.05) is 73.7 Å². The summed E-state index contributed by atoms with van der Waals surface area (Å²) >= 11 is 12.8. The predicted octanol–water partition coefficient (Wildman–Crippen LogP) is 5.14. The second-order valence-electron chi connectivity index (χ2n) is 8.82. The van der Waals surface area contributed by atoms with E-state index < -0.39 is 5.60 Å². The summed E-state index contributed by atoms with van der Waals surface area (Å²) in [6.45, 7) is 4.82. The topological polar surface area (TPSA) is 56.2 Å². The fourth-order valence-electron chi connectivity index (χ4n) is 4.54. The molecule has 1 heterocycles. The van der Waals surface area contributed by atoms with Gasteiger partial charge in [-0.3, -0.25) is 4.90 Å². The number of piperazine rings is 1. The summed E-state index contributed by atoms with van der Waals surface area (Å²) in [5.41, 5.74) is 2.00. The van der Waals surface area contributed by atoms with Crippen molar-refractivity contribution in [2.24, 2.45) is 0 Å². The van der Waals surface area contributed by atoms with E-state index in [0.29, 0.717) is 22.3 Å². The van der Waals surface area contributed by atoms with Crippen LogP contribution in [0.2, 0.25) is 10.0 Å². The number of nitrogens with zero attached hydrogens (tertiary/aromatic N) is 2. The van der Waals surface area contributed by atoms with E-state index in [2.05, 4.69) is 9.80 Å². The number of hydrogen-bond acceptors (Lipinski definition) is 5. The molecule has 2 N–H and O–H groups in total. The summed E-state index contributed by atoms with van der Waals surface area (Å²) in [4.78, 5) is 4.60. The number of rotatable bonds is 8. The number of benzene rings is 3. The molecule has 0 radical (unpaired) electrons. The number of β-amino-alcohol motifs (C(OH)–C–C–N with tert-alkyl or cyclic N) is 1. The van der Waals surface area contributed by atoms with Crippen LogP contribution in [0.15, 0.2) is 72.8 Å². The summed E-state index contributed by atoms with van der Waals surface area (Å²) in [5.74, 6) is 0.628. The number of aliphatic hydroxyl groups is 2. The predicted molar refractivity (Wildman–Crippen MR) is 138 cm³/mol. The van der Waals surface area contributed by atoms with E-state index in [4.69, 9.17) is 33.0 Å². The van der Waals surface area contributed by atoms with Crippen LogP contribution in [0.25, 0.3) is 0 Å². The Hall–Kier alpha value is -2.28. The molecule has 180 valence electrons. The van der Waals surface area contributed by atoms with Gasteiger partial charge in [0.2, 0.25) is 0 Å². The van der Waals surface area contributed by atoms with Crippen LogP contribution in [0.3, 0.4) is 0 Å². The largest absolute Gasteiger partial charge is 0.491 e. The minimum atomic E-state index is -0.961. The molecule has 1 aliphatic rings. The SMILES string of the molecule is C[C@@](O)(CN1CCN(c2ccc(OCCO)cc2Cl)[C@H](c2ccc(Cl)cc2)C1)c1ccccc1. The summed E-state index contributed by atoms with van der Waals surface area (Å²) in [6, 6.07) is 23.4. The van der Waals surface area contributed by atoms with Crippen molar-refractivity contribution in [3.05, 3.63) is 94.0 Å². The first-order chi connectivity index (χ1) is 16.4. The van der Waals surface area contributed by atoms with Crippen LogP contribution in [0, 0.1) is 0 Å². The van der Waals surface area contributed by atoms with Crippen LogP contribution in [0.1, 0.15) is 24.1 Å². The smallest absolute Gasteiger partial charge is 0.121 e.